The Hall–Kier alpha value is -2.44. The first-order valence-corrected chi connectivity index (χ1v) is 11.9. The van der Waals surface area contributed by atoms with Crippen LogP contribution in [0.5, 0.6) is 0 Å². The summed E-state index contributed by atoms with van der Waals surface area (Å²) in [5, 5.41) is 7.83. The topological polar surface area (TPSA) is 55.3 Å². The lowest BCUT2D eigenvalue weighted by Gasteiger charge is -2.20. The number of nitrogens with zero attached hydrogens (tertiary/aromatic N) is 1. The summed E-state index contributed by atoms with van der Waals surface area (Å²) in [5.41, 5.74) is 3.73. The number of hydrogen-bond donors (Lipinski definition) is 2. The van der Waals surface area contributed by atoms with Crippen LogP contribution in [0, 0.1) is 5.82 Å². The molecule has 1 heterocycles. The Morgan fingerprint density at radius 2 is 1.85 bits per heavy atom. The van der Waals surface area contributed by atoms with E-state index >= 15 is 4.39 Å². The van der Waals surface area contributed by atoms with Crippen LogP contribution < -0.4 is 10.6 Å². The highest BCUT2D eigenvalue weighted by Gasteiger charge is 2.23. The minimum Gasteiger partial charge on any atom is -0.444 e. The van der Waals surface area contributed by atoms with Crippen LogP contribution in [0.3, 0.4) is 0 Å². The second-order valence-electron chi connectivity index (χ2n) is 9.32. The van der Waals surface area contributed by atoms with Gasteiger partial charge in [0.2, 0.25) is 0 Å². The van der Waals surface area contributed by atoms with Crippen molar-refractivity contribution in [3.05, 3.63) is 57.5 Å². The van der Waals surface area contributed by atoms with E-state index in [2.05, 4.69) is 10.6 Å². The predicted molar refractivity (Wildman–Crippen MR) is 133 cm³/mol. The second kappa shape index (κ2) is 9.43. The predicted octanol–water partition coefficient (Wildman–Crippen LogP) is 7.23. The fraction of sp³-hybridized carbons (Fsp3) is 0.400. The van der Waals surface area contributed by atoms with E-state index in [0.29, 0.717) is 34.3 Å². The molecule has 0 radical (unpaired) electrons. The number of nitrogens with one attached hydrogen (secondary N) is 2. The van der Waals surface area contributed by atoms with Crippen molar-refractivity contribution in [1.29, 1.82) is 0 Å². The molecule has 176 valence electrons. The fourth-order valence-electron chi connectivity index (χ4n) is 4.36. The SMILES string of the molecule is CC(C)(C)OC(=O)NCCn1c2c(c3cc(Nc4ccc(Cl)c(Cl)c4)cc(F)c31)CCCC2. The summed E-state index contributed by atoms with van der Waals surface area (Å²) < 4.78 is 22.8. The van der Waals surface area contributed by atoms with Crippen molar-refractivity contribution in [2.24, 2.45) is 0 Å². The van der Waals surface area contributed by atoms with Crippen LogP contribution in [-0.2, 0) is 24.1 Å². The van der Waals surface area contributed by atoms with Crippen LogP contribution in [-0.4, -0.2) is 22.8 Å². The van der Waals surface area contributed by atoms with Crippen LogP contribution in [0.25, 0.3) is 10.9 Å². The maximum Gasteiger partial charge on any atom is 0.407 e. The summed E-state index contributed by atoms with van der Waals surface area (Å²) in [7, 11) is 0. The summed E-state index contributed by atoms with van der Waals surface area (Å²) in [6.07, 6.45) is 3.48. The molecule has 33 heavy (non-hydrogen) atoms. The first-order valence-electron chi connectivity index (χ1n) is 11.1. The number of hydrogen-bond acceptors (Lipinski definition) is 3. The number of amides is 1. The number of anilines is 2. The Labute approximate surface area is 203 Å². The molecule has 1 amide bonds. The van der Waals surface area contributed by atoms with Gasteiger partial charge in [-0.3, -0.25) is 0 Å². The van der Waals surface area contributed by atoms with Crippen LogP contribution in [0.15, 0.2) is 30.3 Å². The quantitative estimate of drug-likeness (QED) is 0.395. The van der Waals surface area contributed by atoms with Gasteiger partial charge < -0.3 is 19.9 Å². The average Bonchev–Trinajstić information content (AvgIpc) is 3.04. The molecular weight excluding hydrogens is 464 g/mol. The van der Waals surface area contributed by atoms with Gasteiger partial charge in [-0.15, -0.1) is 0 Å². The Morgan fingerprint density at radius 1 is 1.09 bits per heavy atom. The minimum atomic E-state index is -0.562. The van der Waals surface area contributed by atoms with E-state index in [1.54, 1.807) is 18.2 Å². The summed E-state index contributed by atoms with van der Waals surface area (Å²) >= 11 is 12.1. The highest BCUT2D eigenvalue weighted by Crippen LogP contribution is 2.36. The number of carbonyl (C=O) groups is 1. The Bertz CT molecular complexity index is 1200. The average molecular weight is 492 g/mol. The third-order valence-corrected chi connectivity index (χ3v) is 6.37. The molecule has 3 aromatic rings. The van der Waals surface area contributed by atoms with Crippen LogP contribution in [0.1, 0.15) is 44.9 Å². The van der Waals surface area contributed by atoms with Crippen molar-refractivity contribution in [3.8, 4) is 0 Å². The zero-order valence-corrected chi connectivity index (χ0v) is 20.5. The molecule has 2 aromatic carbocycles. The van der Waals surface area contributed by atoms with Crippen molar-refractivity contribution >= 4 is 51.6 Å². The van der Waals surface area contributed by atoms with E-state index in [1.165, 1.54) is 11.6 Å². The van der Waals surface area contributed by atoms with Crippen molar-refractivity contribution in [2.75, 3.05) is 11.9 Å². The molecule has 0 unspecified atom stereocenters. The van der Waals surface area contributed by atoms with E-state index in [0.717, 1.165) is 42.5 Å². The van der Waals surface area contributed by atoms with Gasteiger partial charge in [-0.05, 0) is 82.3 Å². The standard InChI is InChI=1S/C25H28Cl2FN3O2/c1-25(2,3)33-24(32)29-10-11-31-22-7-5-4-6-17(22)18-12-16(14-21(28)23(18)31)30-15-8-9-19(26)20(27)13-15/h8-9,12-14,30H,4-7,10-11H2,1-3H3,(H,29,32). The van der Waals surface area contributed by atoms with E-state index in [4.69, 9.17) is 27.9 Å². The summed E-state index contributed by atoms with van der Waals surface area (Å²) in [4.78, 5) is 12.0. The molecule has 0 atom stereocenters. The van der Waals surface area contributed by atoms with Gasteiger partial charge in [-0.1, -0.05) is 23.2 Å². The van der Waals surface area contributed by atoms with Crippen molar-refractivity contribution in [3.63, 3.8) is 0 Å². The highest BCUT2D eigenvalue weighted by atomic mass is 35.5. The third-order valence-electron chi connectivity index (χ3n) is 5.63. The maximum atomic E-state index is 15.4. The molecule has 0 aliphatic heterocycles. The number of benzene rings is 2. The van der Waals surface area contributed by atoms with E-state index in [1.807, 2.05) is 31.4 Å². The zero-order chi connectivity index (χ0) is 23.8. The van der Waals surface area contributed by atoms with Crippen LogP contribution >= 0.6 is 23.2 Å². The highest BCUT2D eigenvalue weighted by molar-refractivity contribution is 6.42. The lowest BCUT2D eigenvalue weighted by molar-refractivity contribution is 0.0526. The van der Waals surface area contributed by atoms with Gasteiger partial charge in [0.25, 0.3) is 0 Å². The van der Waals surface area contributed by atoms with Gasteiger partial charge in [0.1, 0.15) is 11.4 Å². The first-order chi connectivity index (χ1) is 15.6. The van der Waals surface area contributed by atoms with E-state index in [9.17, 15) is 4.79 Å². The lowest BCUT2D eigenvalue weighted by atomic mass is 9.95. The molecule has 0 spiro atoms. The van der Waals surface area contributed by atoms with Crippen LogP contribution in [0.4, 0.5) is 20.6 Å². The monoisotopic (exact) mass is 491 g/mol. The zero-order valence-electron chi connectivity index (χ0n) is 19.0. The molecule has 5 nitrogen and oxygen atoms in total. The van der Waals surface area contributed by atoms with Crippen molar-refractivity contribution < 1.29 is 13.9 Å². The number of rotatable bonds is 5. The molecule has 1 aromatic heterocycles. The Kier molecular flexibility index (Phi) is 6.78. The fourth-order valence-corrected chi connectivity index (χ4v) is 4.66. The van der Waals surface area contributed by atoms with Gasteiger partial charge in [-0.25, -0.2) is 9.18 Å². The largest absolute Gasteiger partial charge is 0.444 e. The number of aryl methyl sites for hydroxylation is 1. The normalized spacial score (nSPS) is 13.6. The molecule has 0 saturated heterocycles. The summed E-state index contributed by atoms with van der Waals surface area (Å²) in [6, 6.07) is 8.71. The Balaban J connectivity index is 1.62. The third kappa shape index (κ3) is 5.39. The van der Waals surface area contributed by atoms with E-state index < -0.39 is 11.7 Å². The molecule has 0 fully saturated rings. The van der Waals surface area contributed by atoms with Gasteiger partial charge in [-0.2, -0.15) is 0 Å². The molecule has 0 saturated carbocycles. The molecule has 8 heteroatoms. The van der Waals surface area contributed by atoms with Gasteiger partial charge in [0, 0.05) is 35.5 Å². The molecule has 4 rings (SSSR count). The second-order valence-corrected chi connectivity index (χ2v) is 10.1. The molecular formula is C25H28Cl2FN3O2. The number of alkyl carbamates (subject to hydrolysis) is 1. The maximum absolute atomic E-state index is 15.4. The number of carbonyl (C=O) groups excluding carboxylic acids is 1. The minimum absolute atomic E-state index is 0.304. The Morgan fingerprint density at radius 3 is 2.58 bits per heavy atom. The van der Waals surface area contributed by atoms with Crippen molar-refractivity contribution in [2.45, 2.75) is 58.6 Å². The number of halogens is 3. The van der Waals surface area contributed by atoms with Crippen molar-refractivity contribution in [1.82, 2.24) is 9.88 Å². The van der Waals surface area contributed by atoms with E-state index in [-0.39, 0.29) is 5.82 Å². The first kappa shape index (κ1) is 23.7. The summed E-state index contributed by atoms with van der Waals surface area (Å²) in [5.74, 6) is -0.304. The van der Waals surface area contributed by atoms with Gasteiger partial charge in [0.15, 0.2) is 0 Å². The lowest BCUT2D eigenvalue weighted by Crippen LogP contribution is -2.34. The molecule has 1 aliphatic carbocycles. The smallest absolute Gasteiger partial charge is 0.407 e. The number of ether oxygens (including phenoxy) is 1. The molecule has 1 aliphatic rings. The number of fused-ring (bicyclic) bond motifs is 3. The van der Waals surface area contributed by atoms with Crippen LogP contribution in [0.2, 0.25) is 10.0 Å². The summed E-state index contributed by atoms with van der Waals surface area (Å²) in [6.45, 7) is 6.29. The molecule has 0 bridgehead atoms. The van der Waals surface area contributed by atoms with Gasteiger partial charge in [0.05, 0.1) is 15.6 Å². The van der Waals surface area contributed by atoms with Gasteiger partial charge >= 0.3 is 6.09 Å². The number of aromatic nitrogens is 1. The molecule has 2 N–H and O–H groups in total.